The molecule has 0 bridgehead atoms. The number of nitrogens with two attached hydrogens (primary N) is 1. The van der Waals surface area contributed by atoms with Gasteiger partial charge < -0.3 is 21.3 Å². The second-order valence-electron chi connectivity index (χ2n) is 3.40. The molecule has 0 fully saturated rings. The maximum Gasteiger partial charge on any atom is 0.326 e. The van der Waals surface area contributed by atoms with E-state index in [2.05, 4.69) is 5.32 Å². The first-order valence-corrected chi connectivity index (χ1v) is 6.06. The zero-order chi connectivity index (χ0) is 13.4. The number of amides is 1. The monoisotopic (exact) mass is 264 g/mol. The number of nitrogens with one attached hydrogen (secondary N) is 1. The van der Waals surface area contributed by atoms with E-state index in [4.69, 9.17) is 15.9 Å². The molecule has 0 spiro atoms. The average molecular weight is 264 g/mol. The molecule has 0 heterocycles. The molecule has 8 heteroatoms. The van der Waals surface area contributed by atoms with Crippen molar-refractivity contribution in [2.45, 2.75) is 25.4 Å². The van der Waals surface area contributed by atoms with E-state index < -0.39 is 29.9 Å². The van der Waals surface area contributed by atoms with Crippen molar-refractivity contribution in [2.75, 3.05) is 11.5 Å². The van der Waals surface area contributed by atoms with E-state index in [1.165, 1.54) is 18.7 Å². The van der Waals surface area contributed by atoms with Gasteiger partial charge in [-0.1, -0.05) is 0 Å². The molecule has 2 atom stereocenters. The fourth-order valence-electron chi connectivity index (χ4n) is 0.986. The lowest BCUT2D eigenvalue weighted by atomic mass is 10.2. The molecule has 0 aliphatic carbocycles. The van der Waals surface area contributed by atoms with Gasteiger partial charge in [-0.2, -0.15) is 11.8 Å². The van der Waals surface area contributed by atoms with Gasteiger partial charge in [0.2, 0.25) is 5.91 Å². The number of thioether (sulfide) groups is 1. The lowest BCUT2D eigenvalue weighted by Gasteiger charge is -2.13. The van der Waals surface area contributed by atoms with Crippen LogP contribution in [0.5, 0.6) is 0 Å². The molecule has 5 N–H and O–H groups in total. The van der Waals surface area contributed by atoms with Gasteiger partial charge in [0.25, 0.3) is 0 Å². The van der Waals surface area contributed by atoms with Crippen LogP contribution in [0, 0.1) is 0 Å². The Morgan fingerprint density at radius 3 is 2.29 bits per heavy atom. The quantitative estimate of drug-likeness (QED) is 0.418. The van der Waals surface area contributed by atoms with E-state index in [0.29, 0.717) is 5.75 Å². The minimum atomic E-state index is -1.11. The van der Waals surface area contributed by atoms with E-state index in [9.17, 15) is 14.4 Å². The predicted molar refractivity (Wildman–Crippen MR) is 62.8 cm³/mol. The van der Waals surface area contributed by atoms with Crippen LogP contribution in [0.1, 0.15) is 13.3 Å². The van der Waals surface area contributed by atoms with E-state index in [0.717, 1.165) is 0 Å². The highest BCUT2D eigenvalue weighted by molar-refractivity contribution is 7.99. The van der Waals surface area contributed by atoms with Crippen LogP contribution in [-0.2, 0) is 14.4 Å². The summed E-state index contributed by atoms with van der Waals surface area (Å²) >= 11 is 1.24. The van der Waals surface area contributed by atoms with Crippen LogP contribution in [0.25, 0.3) is 0 Å². The van der Waals surface area contributed by atoms with Gasteiger partial charge in [0.15, 0.2) is 0 Å². The topological polar surface area (TPSA) is 130 Å². The number of hydrogen-bond acceptors (Lipinski definition) is 5. The largest absolute Gasteiger partial charge is 0.480 e. The molecule has 0 aromatic carbocycles. The first kappa shape index (κ1) is 15.7. The lowest BCUT2D eigenvalue weighted by Crippen LogP contribution is -2.40. The average Bonchev–Trinajstić information content (AvgIpc) is 2.21. The smallest absolute Gasteiger partial charge is 0.326 e. The summed E-state index contributed by atoms with van der Waals surface area (Å²) in [4.78, 5) is 31.8. The number of rotatable bonds is 8. The third kappa shape index (κ3) is 7.58. The third-order valence-electron chi connectivity index (χ3n) is 1.84. The summed E-state index contributed by atoms with van der Waals surface area (Å²) in [6, 6.07) is -1.90. The summed E-state index contributed by atoms with van der Waals surface area (Å²) in [7, 11) is 0. The molecule has 1 unspecified atom stereocenters. The summed E-state index contributed by atoms with van der Waals surface area (Å²) in [6.07, 6.45) is 0.228. The van der Waals surface area contributed by atoms with E-state index >= 15 is 0 Å². The number of carboxylic acid groups (broad SMARTS) is 2. The van der Waals surface area contributed by atoms with Gasteiger partial charge in [-0.15, -0.1) is 0 Å². The van der Waals surface area contributed by atoms with Crippen molar-refractivity contribution in [3.05, 3.63) is 0 Å². The van der Waals surface area contributed by atoms with Crippen LogP contribution in [0.2, 0.25) is 0 Å². The van der Waals surface area contributed by atoms with Gasteiger partial charge in [-0.25, -0.2) is 4.79 Å². The standard InChI is InChI=1S/C9H16N2O5S/c1-5(12)11-7(9(15)16)2-3-17-4-6(10)8(13)14/h6-7H,2-4,10H2,1H3,(H,11,12)(H,13,14)(H,15,16)/t6?,7-/m0/s1. The molecule has 0 aromatic rings. The Kier molecular flexibility index (Phi) is 7.31. The Hall–Kier alpha value is -1.28. The molecule has 0 rings (SSSR count). The van der Waals surface area contributed by atoms with Crippen molar-refractivity contribution in [3.63, 3.8) is 0 Å². The van der Waals surface area contributed by atoms with Crippen LogP contribution in [0.15, 0.2) is 0 Å². The van der Waals surface area contributed by atoms with Crippen molar-refractivity contribution in [1.29, 1.82) is 0 Å². The molecule has 0 aromatic heterocycles. The van der Waals surface area contributed by atoms with E-state index in [1.807, 2.05) is 0 Å². The van der Waals surface area contributed by atoms with Crippen LogP contribution in [0.4, 0.5) is 0 Å². The summed E-state index contributed by atoms with van der Waals surface area (Å²) in [5.41, 5.74) is 5.27. The van der Waals surface area contributed by atoms with Crippen LogP contribution >= 0.6 is 11.8 Å². The highest BCUT2D eigenvalue weighted by Crippen LogP contribution is 2.06. The van der Waals surface area contributed by atoms with Crippen molar-refractivity contribution in [3.8, 4) is 0 Å². The maximum atomic E-state index is 10.7. The number of aliphatic carboxylic acids is 2. The fraction of sp³-hybridized carbons (Fsp3) is 0.667. The lowest BCUT2D eigenvalue weighted by molar-refractivity contribution is -0.141. The zero-order valence-corrected chi connectivity index (χ0v) is 10.2. The molecule has 0 aliphatic heterocycles. The van der Waals surface area contributed by atoms with Crippen molar-refractivity contribution in [1.82, 2.24) is 5.32 Å². The first-order chi connectivity index (χ1) is 7.84. The Labute approximate surface area is 103 Å². The Morgan fingerprint density at radius 1 is 1.29 bits per heavy atom. The normalized spacial score (nSPS) is 13.8. The van der Waals surface area contributed by atoms with E-state index in [1.54, 1.807) is 0 Å². The summed E-state index contributed by atoms with van der Waals surface area (Å²) in [5, 5.41) is 19.6. The highest BCUT2D eigenvalue weighted by Gasteiger charge is 2.18. The fourth-order valence-corrected chi connectivity index (χ4v) is 1.95. The molecular formula is C9H16N2O5S. The highest BCUT2D eigenvalue weighted by atomic mass is 32.2. The summed E-state index contributed by atoms with van der Waals surface area (Å²) in [6.45, 7) is 1.24. The summed E-state index contributed by atoms with van der Waals surface area (Å²) < 4.78 is 0. The van der Waals surface area contributed by atoms with Gasteiger partial charge >= 0.3 is 11.9 Å². The number of hydrogen-bond donors (Lipinski definition) is 4. The molecule has 17 heavy (non-hydrogen) atoms. The Bertz CT molecular complexity index is 297. The minimum Gasteiger partial charge on any atom is -0.480 e. The second-order valence-corrected chi connectivity index (χ2v) is 4.55. The van der Waals surface area contributed by atoms with Gasteiger partial charge in [-0.3, -0.25) is 9.59 Å². The van der Waals surface area contributed by atoms with Crippen LogP contribution < -0.4 is 11.1 Å². The van der Waals surface area contributed by atoms with Gasteiger partial charge in [0.05, 0.1) is 0 Å². The molecule has 0 saturated heterocycles. The maximum absolute atomic E-state index is 10.7. The van der Waals surface area contributed by atoms with Gasteiger partial charge in [-0.05, 0) is 12.2 Å². The first-order valence-electron chi connectivity index (χ1n) is 4.90. The molecule has 7 nitrogen and oxygen atoms in total. The van der Waals surface area contributed by atoms with Gasteiger partial charge in [0, 0.05) is 12.7 Å². The van der Waals surface area contributed by atoms with E-state index in [-0.39, 0.29) is 12.2 Å². The van der Waals surface area contributed by atoms with Crippen LogP contribution in [0.3, 0.4) is 0 Å². The number of carbonyl (C=O) groups is 3. The number of carboxylic acids is 2. The molecule has 0 radical (unpaired) electrons. The number of carbonyl (C=O) groups excluding carboxylic acids is 1. The second kappa shape index (κ2) is 7.91. The summed E-state index contributed by atoms with van der Waals surface area (Å²) in [5.74, 6) is -1.98. The predicted octanol–water partition coefficient (Wildman–Crippen LogP) is -0.889. The minimum absolute atomic E-state index is 0.210. The van der Waals surface area contributed by atoms with Crippen molar-refractivity contribution in [2.24, 2.45) is 5.73 Å². The molecular weight excluding hydrogens is 248 g/mol. The van der Waals surface area contributed by atoms with Crippen molar-refractivity contribution < 1.29 is 24.6 Å². The third-order valence-corrected chi connectivity index (χ3v) is 2.96. The van der Waals surface area contributed by atoms with Gasteiger partial charge in [0.1, 0.15) is 12.1 Å². The Morgan fingerprint density at radius 2 is 1.88 bits per heavy atom. The van der Waals surface area contributed by atoms with Crippen LogP contribution in [-0.4, -0.2) is 51.6 Å². The Balaban J connectivity index is 3.87. The zero-order valence-electron chi connectivity index (χ0n) is 9.38. The van der Waals surface area contributed by atoms with Crippen molar-refractivity contribution >= 4 is 29.6 Å². The molecule has 0 saturated carbocycles. The molecule has 1 amide bonds. The molecule has 98 valence electrons. The molecule has 0 aliphatic rings. The SMILES string of the molecule is CC(=O)N[C@@H](CCSCC(N)C(=O)O)C(=O)O.